The second kappa shape index (κ2) is 5.36. The largest absolute Gasteiger partial charge is 0.398 e. The van der Waals surface area contributed by atoms with Crippen LogP contribution >= 0.6 is 11.3 Å². The van der Waals surface area contributed by atoms with E-state index in [-0.39, 0.29) is 5.78 Å². The van der Waals surface area contributed by atoms with Crippen LogP contribution in [-0.2, 0) is 12.8 Å². The van der Waals surface area contributed by atoms with Gasteiger partial charge < -0.3 is 5.73 Å². The van der Waals surface area contributed by atoms with Gasteiger partial charge in [-0.2, -0.15) is 0 Å². The zero-order chi connectivity index (χ0) is 13.1. The molecule has 2 nitrogen and oxygen atoms in total. The highest BCUT2D eigenvalue weighted by atomic mass is 32.1. The number of benzene rings is 1. The van der Waals surface area contributed by atoms with Gasteiger partial charge in [0.2, 0.25) is 0 Å². The Hall–Kier alpha value is -1.61. The van der Waals surface area contributed by atoms with Crippen molar-refractivity contribution in [3.05, 3.63) is 51.2 Å². The maximum atomic E-state index is 12.2. The smallest absolute Gasteiger partial charge is 0.170 e. The molecule has 94 valence electrons. The van der Waals surface area contributed by atoms with Gasteiger partial charge in [-0.25, -0.2) is 0 Å². The van der Waals surface area contributed by atoms with Gasteiger partial charge in [0.25, 0.3) is 0 Å². The minimum Gasteiger partial charge on any atom is -0.398 e. The van der Waals surface area contributed by atoms with Crippen LogP contribution in [0.15, 0.2) is 30.3 Å². The molecular formula is C15H17NOS. The van der Waals surface area contributed by atoms with Gasteiger partial charge in [-0.3, -0.25) is 4.79 Å². The number of hydrogen-bond acceptors (Lipinski definition) is 3. The van der Waals surface area contributed by atoms with E-state index in [2.05, 4.69) is 13.0 Å². The SMILES string of the molecule is CCc1ccc(CC(=O)c2cc(C)ccc2N)s1. The summed E-state index contributed by atoms with van der Waals surface area (Å²) in [4.78, 5) is 14.6. The fraction of sp³-hybridized carbons (Fsp3) is 0.267. The Morgan fingerprint density at radius 1 is 1.22 bits per heavy atom. The third-order valence-corrected chi connectivity index (χ3v) is 4.14. The van der Waals surface area contributed by atoms with Gasteiger partial charge in [-0.1, -0.05) is 18.6 Å². The van der Waals surface area contributed by atoms with Crippen LogP contribution in [0.5, 0.6) is 0 Å². The lowest BCUT2D eigenvalue weighted by molar-refractivity contribution is 0.0994. The molecule has 0 saturated carbocycles. The average Bonchev–Trinajstić information content (AvgIpc) is 2.80. The number of carbonyl (C=O) groups excluding carboxylic acids is 1. The molecule has 0 saturated heterocycles. The molecule has 1 aromatic carbocycles. The van der Waals surface area contributed by atoms with E-state index in [1.165, 1.54) is 4.88 Å². The molecule has 2 N–H and O–H groups in total. The first-order valence-corrected chi connectivity index (χ1v) is 6.88. The van der Waals surface area contributed by atoms with Crippen LogP contribution in [0.2, 0.25) is 0 Å². The minimum atomic E-state index is 0.0979. The highest BCUT2D eigenvalue weighted by molar-refractivity contribution is 7.12. The average molecular weight is 259 g/mol. The molecule has 0 unspecified atom stereocenters. The van der Waals surface area contributed by atoms with E-state index >= 15 is 0 Å². The zero-order valence-corrected chi connectivity index (χ0v) is 11.5. The van der Waals surface area contributed by atoms with Gasteiger partial charge in [-0.05, 0) is 37.6 Å². The van der Waals surface area contributed by atoms with Crippen molar-refractivity contribution in [2.75, 3.05) is 5.73 Å². The molecular weight excluding hydrogens is 242 g/mol. The fourth-order valence-corrected chi connectivity index (χ4v) is 2.83. The van der Waals surface area contributed by atoms with Gasteiger partial charge >= 0.3 is 0 Å². The predicted molar refractivity (Wildman–Crippen MR) is 77.3 cm³/mol. The Bertz CT molecular complexity index is 572. The molecule has 0 spiro atoms. The van der Waals surface area contributed by atoms with Crippen LogP contribution in [0, 0.1) is 6.92 Å². The Labute approximate surface area is 111 Å². The van der Waals surface area contributed by atoms with Crippen LogP contribution in [0.3, 0.4) is 0 Å². The summed E-state index contributed by atoms with van der Waals surface area (Å²) in [5.41, 5.74) is 8.13. The molecule has 18 heavy (non-hydrogen) atoms. The quantitative estimate of drug-likeness (QED) is 0.673. The lowest BCUT2D eigenvalue weighted by Crippen LogP contribution is -2.06. The maximum absolute atomic E-state index is 12.2. The summed E-state index contributed by atoms with van der Waals surface area (Å²) in [5.74, 6) is 0.0979. The monoisotopic (exact) mass is 259 g/mol. The van der Waals surface area contributed by atoms with Crippen molar-refractivity contribution in [2.24, 2.45) is 0 Å². The number of thiophene rings is 1. The minimum absolute atomic E-state index is 0.0979. The molecule has 0 aliphatic heterocycles. The third-order valence-electron chi connectivity index (χ3n) is 2.91. The van der Waals surface area contributed by atoms with Crippen molar-refractivity contribution < 1.29 is 4.79 Å². The van der Waals surface area contributed by atoms with Gasteiger partial charge in [0.1, 0.15) is 0 Å². The number of nitrogens with two attached hydrogens (primary N) is 1. The summed E-state index contributed by atoms with van der Waals surface area (Å²) in [6.07, 6.45) is 1.46. The van der Waals surface area contributed by atoms with Gasteiger partial charge in [0.05, 0.1) is 0 Å². The van der Waals surface area contributed by atoms with E-state index in [4.69, 9.17) is 5.73 Å². The molecule has 0 aliphatic carbocycles. The summed E-state index contributed by atoms with van der Waals surface area (Å²) in [5, 5.41) is 0. The highest BCUT2D eigenvalue weighted by Gasteiger charge is 2.12. The first-order valence-electron chi connectivity index (χ1n) is 6.07. The third kappa shape index (κ3) is 2.79. The number of hydrogen-bond donors (Lipinski definition) is 1. The number of nitrogen functional groups attached to an aromatic ring is 1. The standard InChI is InChI=1S/C15H17NOS/c1-3-11-5-6-12(18-11)9-15(17)13-8-10(2)4-7-14(13)16/h4-8H,3,9,16H2,1-2H3. The molecule has 0 bridgehead atoms. The van der Waals surface area contributed by atoms with Crippen LogP contribution in [0.1, 0.15) is 32.6 Å². The normalized spacial score (nSPS) is 10.6. The number of rotatable bonds is 4. The van der Waals surface area contributed by atoms with Crippen molar-refractivity contribution in [1.29, 1.82) is 0 Å². The van der Waals surface area contributed by atoms with E-state index in [1.807, 2.05) is 25.1 Å². The number of anilines is 1. The molecule has 2 aromatic rings. The summed E-state index contributed by atoms with van der Waals surface area (Å²) in [6.45, 7) is 4.09. The molecule has 0 aliphatic rings. The maximum Gasteiger partial charge on any atom is 0.170 e. The van der Waals surface area contributed by atoms with Crippen molar-refractivity contribution in [3.8, 4) is 0 Å². The Kier molecular flexibility index (Phi) is 3.82. The van der Waals surface area contributed by atoms with Crippen molar-refractivity contribution >= 4 is 22.8 Å². The highest BCUT2D eigenvalue weighted by Crippen LogP contribution is 2.21. The van der Waals surface area contributed by atoms with E-state index in [1.54, 1.807) is 17.4 Å². The Morgan fingerprint density at radius 2 is 1.94 bits per heavy atom. The van der Waals surface area contributed by atoms with Gasteiger partial charge in [0, 0.05) is 27.4 Å². The lowest BCUT2D eigenvalue weighted by Gasteiger charge is -2.05. The Balaban J connectivity index is 2.19. The summed E-state index contributed by atoms with van der Waals surface area (Å²) in [6, 6.07) is 9.72. The molecule has 0 fully saturated rings. The zero-order valence-electron chi connectivity index (χ0n) is 10.7. The summed E-state index contributed by atoms with van der Waals surface area (Å²) in [7, 11) is 0. The van der Waals surface area contributed by atoms with Crippen LogP contribution in [0.25, 0.3) is 0 Å². The predicted octanol–water partition coefficient (Wildman–Crippen LogP) is 3.63. The van der Waals surface area contributed by atoms with Gasteiger partial charge in [0.15, 0.2) is 5.78 Å². The van der Waals surface area contributed by atoms with Crippen LogP contribution in [-0.4, -0.2) is 5.78 Å². The second-order valence-corrected chi connectivity index (χ2v) is 5.67. The summed E-state index contributed by atoms with van der Waals surface area (Å²) >= 11 is 1.70. The van der Waals surface area contributed by atoms with Crippen molar-refractivity contribution in [2.45, 2.75) is 26.7 Å². The first kappa shape index (κ1) is 12.8. The fourth-order valence-electron chi connectivity index (χ4n) is 1.87. The van der Waals surface area contributed by atoms with E-state index in [9.17, 15) is 4.79 Å². The molecule has 0 atom stereocenters. The molecule has 1 aromatic heterocycles. The number of ketones is 1. The number of Topliss-reactive ketones (excluding diaryl/α,β-unsaturated/α-hetero) is 1. The van der Waals surface area contributed by atoms with Crippen molar-refractivity contribution in [3.63, 3.8) is 0 Å². The first-order chi connectivity index (χ1) is 8.60. The molecule has 3 heteroatoms. The Morgan fingerprint density at radius 3 is 2.61 bits per heavy atom. The number of aryl methyl sites for hydroxylation is 2. The number of carbonyl (C=O) groups is 1. The second-order valence-electron chi connectivity index (χ2n) is 4.41. The molecule has 0 radical (unpaired) electrons. The van der Waals surface area contributed by atoms with E-state index < -0.39 is 0 Å². The summed E-state index contributed by atoms with van der Waals surface area (Å²) < 4.78 is 0. The van der Waals surface area contributed by atoms with Crippen LogP contribution < -0.4 is 5.73 Å². The molecule has 0 amide bonds. The molecule has 1 heterocycles. The van der Waals surface area contributed by atoms with Gasteiger partial charge in [-0.15, -0.1) is 11.3 Å². The van der Waals surface area contributed by atoms with E-state index in [0.29, 0.717) is 17.7 Å². The van der Waals surface area contributed by atoms with E-state index in [0.717, 1.165) is 16.9 Å². The molecule has 2 rings (SSSR count). The van der Waals surface area contributed by atoms with Crippen LogP contribution in [0.4, 0.5) is 5.69 Å². The lowest BCUT2D eigenvalue weighted by atomic mass is 10.0. The topological polar surface area (TPSA) is 43.1 Å². The van der Waals surface area contributed by atoms with Crippen molar-refractivity contribution in [1.82, 2.24) is 0 Å².